The standard InChI is InChI=1S/C17H26N2O3S/c1-10(2)19-8-7-11(15(19)20)18-12-9-13(17(3,4)5)23-14(12)16(21)22-6/h9-11,18H,7-8H2,1-6H3. The number of hydrogen-bond acceptors (Lipinski definition) is 5. The average Bonchev–Trinajstić information content (AvgIpc) is 3.03. The molecule has 1 N–H and O–H groups in total. The van der Waals surface area contributed by atoms with Crippen LogP contribution in [0.4, 0.5) is 5.69 Å². The predicted octanol–water partition coefficient (Wildman–Crippen LogP) is 3.25. The van der Waals surface area contributed by atoms with E-state index in [1.165, 1.54) is 18.4 Å². The highest BCUT2D eigenvalue weighted by atomic mass is 32.1. The van der Waals surface area contributed by atoms with E-state index in [0.29, 0.717) is 10.6 Å². The summed E-state index contributed by atoms with van der Waals surface area (Å²) in [6.45, 7) is 11.1. The minimum absolute atomic E-state index is 0.0585. The Hall–Kier alpha value is -1.56. The van der Waals surface area contributed by atoms with Crippen LogP contribution in [0.3, 0.4) is 0 Å². The first-order chi connectivity index (χ1) is 10.6. The second-order valence-electron chi connectivity index (χ2n) is 7.21. The Balaban J connectivity index is 2.27. The molecule has 0 aromatic carbocycles. The molecule has 0 spiro atoms. The van der Waals surface area contributed by atoms with Crippen LogP contribution in [0.5, 0.6) is 0 Å². The Morgan fingerprint density at radius 3 is 2.57 bits per heavy atom. The van der Waals surface area contributed by atoms with Gasteiger partial charge in [0.2, 0.25) is 5.91 Å². The number of likely N-dealkylation sites (tertiary alicyclic amines) is 1. The lowest BCUT2D eigenvalue weighted by Crippen LogP contribution is -2.37. The van der Waals surface area contributed by atoms with E-state index < -0.39 is 0 Å². The van der Waals surface area contributed by atoms with Crippen molar-refractivity contribution in [2.24, 2.45) is 0 Å². The molecule has 0 radical (unpaired) electrons. The van der Waals surface area contributed by atoms with Gasteiger partial charge in [0.15, 0.2) is 0 Å². The lowest BCUT2D eigenvalue weighted by molar-refractivity contribution is -0.129. The van der Waals surface area contributed by atoms with E-state index in [1.54, 1.807) is 0 Å². The van der Waals surface area contributed by atoms with E-state index in [9.17, 15) is 9.59 Å². The molecule has 1 aromatic rings. The Bertz CT molecular complexity index is 601. The smallest absolute Gasteiger partial charge is 0.350 e. The van der Waals surface area contributed by atoms with Gasteiger partial charge >= 0.3 is 5.97 Å². The van der Waals surface area contributed by atoms with E-state index >= 15 is 0 Å². The summed E-state index contributed by atoms with van der Waals surface area (Å²) in [6.07, 6.45) is 0.748. The third-order valence-corrected chi connectivity index (χ3v) is 5.58. The molecule has 1 aliphatic rings. The number of nitrogens with one attached hydrogen (secondary N) is 1. The monoisotopic (exact) mass is 338 g/mol. The zero-order valence-electron chi connectivity index (χ0n) is 14.7. The number of hydrogen-bond donors (Lipinski definition) is 1. The summed E-state index contributed by atoms with van der Waals surface area (Å²) < 4.78 is 4.89. The average molecular weight is 338 g/mol. The van der Waals surface area contributed by atoms with E-state index in [-0.39, 0.29) is 29.4 Å². The van der Waals surface area contributed by atoms with Crippen molar-refractivity contribution in [3.05, 3.63) is 15.8 Å². The largest absolute Gasteiger partial charge is 0.465 e. The van der Waals surface area contributed by atoms with Crippen molar-refractivity contribution in [1.82, 2.24) is 4.90 Å². The van der Waals surface area contributed by atoms with E-state index in [0.717, 1.165) is 17.8 Å². The molecule has 1 aromatic heterocycles. The molecule has 1 saturated heterocycles. The van der Waals surface area contributed by atoms with Crippen molar-refractivity contribution < 1.29 is 14.3 Å². The van der Waals surface area contributed by atoms with Crippen LogP contribution in [0.1, 0.15) is 55.6 Å². The molecule has 6 heteroatoms. The van der Waals surface area contributed by atoms with Crippen LogP contribution < -0.4 is 5.32 Å². The minimum Gasteiger partial charge on any atom is -0.465 e. The van der Waals surface area contributed by atoms with Gasteiger partial charge < -0.3 is 15.0 Å². The van der Waals surface area contributed by atoms with Gasteiger partial charge in [0.25, 0.3) is 0 Å². The van der Waals surface area contributed by atoms with Crippen LogP contribution in [0.25, 0.3) is 0 Å². The molecule has 0 aliphatic carbocycles. The molecule has 1 fully saturated rings. The quantitative estimate of drug-likeness (QED) is 0.856. The summed E-state index contributed by atoms with van der Waals surface area (Å²) in [5.41, 5.74) is 0.646. The zero-order chi connectivity index (χ0) is 17.4. The summed E-state index contributed by atoms with van der Waals surface area (Å²) >= 11 is 1.43. The molecule has 1 aliphatic heterocycles. The Morgan fingerprint density at radius 1 is 1.43 bits per heavy atom. The summed E-state index contributed by atoms with van der Waals surface area (Å²) in [6, 6.07) is 1.90. The van der Waals surface area contributed by atoms with Gasteiger partial charge in [0.1, 0.15) is 10.9 Å². The first-order valence-electron chi connectivity index (χ1n) is 7.94. The van der Waals surface area contributed by atoms with Crippen LogP contribution in [0.2, 0.25) is 0 Å². The van der Waals surface area contributed by atoms with Gasteiger partial charge in [-0.15, -0.1) is 11.3 Å². The summed E-state index contributed by atoms with van der Waals surface area (Å²) in [4.78, 5) is 28.0. The maximum atomic E-state index is 12.5. The number of nitrogens with zero attached hydrogens (tertiary/aromatic N) is 1. The number of carbonyl (C=O) groups excluding carboxylic acids is 2. The maximum Gasteiger partial charge on any atom is 0.350 e. The van der Waals surface area contributed by atoms with Crippen LogP contribution in [-0.4, -0.2) is 42.5 Å². The number of anilines is 1. The number of amides is 1. The van der Waals surface area contributed by atoms with Crippen molar-refractivity contribution in [3.63, 3.8) is 0 Å². The van der Waals surface area contributed by atoms with E-state index in [2.05, 4.69) is 26.1 Å². The number of ether oxygens (including phenoxy) is 1. The van der Waals surface area contributed by atoms with Crippen molar-refractivity contribution in [2.75, 3.05) is 19.0 Å². The molecule has 5 nitrogen and oxygen atoms in total. The van der Waals surface area contributed by atoms with E-state index in [1.807, 2.05) is 24.8 Å². The number of rotatable bonds is 4. The van der Waals surface area contributed by atoms with Gasteiger partial charge in [-0.25, -0.2) is 4.79 Å². The summed E-state index contributed by atoms with van der Waals surface area (Å²) in [5.74, 6) is -0.265. The third kappa shape index (κ3) is 3.68. The number of thiophene rings is 1. The number of methoxy groups -OCH3 is 1. The molecule has 0 saturated carbocycles. The van der Waals surface area contributed by atoms with Crippen molar-refractivity contribution in [3.8, 4) is 0 Å². The Morgan fingerprint density at radius 2 is 2.09 bits per heavy atom. The molecule has 0 bridgehead atoms. The fraction of sp³-hybridized carbons (Fsp3) is 0.647. The Labute approximate surface area is 142 Å². The lowest BCUT2D eigenvalue weighted by Gasteiger charge is -2.21. The van der Waals surface area contributed by atoms with Gasteiger partial charge in [-0.2, -0.15) is 0 Å². The maximum absolute atomic E-state index is 12.5. The highest BCUT2D eigenvalue weighted by Gasteiger charge is 2.34. The zero-order valence-corrected chi connectivity index (χ0v) is 15.5. The molecule has 1 atom stereocenters. The molecular formula is C17H26N2O3S. The van der Waals surface area contributed by atoms with Crippen LogP contribution >= 0.6 is 11.3 Å². The van der Waals surface area contributed by atoms with Crippen molar-refractivity contribution >= 4 is 28.9 Å². The Kier molecular flexibility index (Phi) is 5.04. The number of esters is 1. The van der Waals surface area contributed by atoms with Crippen molar-refractivity contribution in [2.45, 2.75) is 58.5 Å². The molecular weight excluding hydrogens is 312 g/mol. The van der Waals surface area contributed by atoms with Crippen LogP contribution in [0, 0.1) is 0 Å². The van der Waals surface area contributed by atoms with Gasteiger partial charge in [-0.1, -0.05) is 20.8 Å². The number of carbonyl (C=O) groups is 2. The van der Waals surface area contributed by atoms with Gasteiger partial charge in [-0.3, -0.25) is 4.79 Å². The van der Waals surface area contributed by atoms with Gasteiger partial charge in [0, 0.05) is 17.5 Å². The minimum atomic E-state index is -0.362. The van der Waals surface area contributed by atoms with Gasteiger partial charge in [0.05, 0.1) is 12.8 Å². The first kappa shape index (κ1) is 17.8. The normalized spacial score (nSPS) is 18.7. The second kappa shape index (κ2) is 6.51. The molecule has 2 rings (SSSR count). The highest BCUT2D eigenvalue weighted by molar-refractivity contribution is 7.14. The fourth-order valence-corrected chi connectivity index (χ4v) is 3.75. The van der Waals surface area contributed by atoms with Crippen LogP contribution in [-0.2, 0) is 14.9 Å². The van der Waals surface area contributed by atoms with Crippen molar-refractivity contribution in [1.29, 1.82) is 0 Å². The third-order valence-electron chi connectivity index (χ3n) is 4.03. The fourth-order valence-electron chi connectivity index (χ4n) is 2.65. The summed E-state index contributed by atoms with van der Waals surface area (Å²) in [7, 11) is 1.38. The molecule has 1 amide bonds. The molecule has 2 heterocycles. The summed E-state index contributed by atoms with van der Waals surface area (Å²) in [5, 5.41) is 3.27. The van der Waals surface area contributed by atoms with E-state index in [4.69, 9.17) is 4.74 Å². The molecule has 128 valence electrons. The SMILES string of the molecule is COC(=O)c1sc(C(C)(C)C)cc1NC1CCN(C(C)C)C1=O. The molecule has 23 heavy (non-hydrogen) atoms. The van der Waals surface area contributed by atoms with Crippen LogP contribution in [0.15, 0.2) is 6.07 Å². The molecule has 1 unspecified atom stereocenters. The topological polar surface area (TPSA) is 58.6 Å². The predicted molar refractivity (Wildman–Crippen MR) is 93.2 cm³/mol. The first-order valence-corrected chi connectivity index (χ1v) is 8.76. The lowest BCUT2D eigenvalue weighted by atomic mass is 9.94. The second-order valence-corrected chi connectivity index (χ2v) is 8.26. The van der Waals surface area contributed by atoms with Gasteiger partial charge in [-0.05, 0) is 31.7 Å². The highest BCUT2D eigenvalue weighted by Crippen LogP contribution is 2.36.